The summed E-state index contributed by atoms with van der Waals surface area (Å²) in [7, 11) is 0. The molecular weight excluding hydrogens is 454 g/mol. The average molecular weight is 482 g/mol. The van der Waals surface area contributed by atoms with Crippen LogP contribution in [-0.4, -0.2) is 31.8 Å². The Balaban J connectivity index is 1.40. The van der Waals surface area contributed by atoms with E-state index in [1.54, 1.807) is 30.5 Å². The van der Waals surface area contributed by atoms with Crippen LogP contribution in [0.1, 0.15) is 52.4 Å². The van der Waals surface area contributed by atoms with Gasteiger partial charge in [0.1, 0.15) is 5.75 Å². The fourth-order valence-electron chi connectivity index (χ4n) is 4.16. The van der Waals surface area contributed by atoms with E-state index in [4.69, 9.17) is 0 Å². The number of anilines is 1. The number of carbonyl (C=O) groups is 2. The van der Waals surface area contributed by atoms with Gasteiger partial charge in [0.05, 0.1) is 17.0 Å². The standard InChI is InChI=1S/C28H27N5O3/c1-18-7-9-19(10-8-18)16-30-28(36)33-25(20-4-2-5-20)15-24(32-33)23-14-22(11-12-26(23)34)31-27(35)21-6-3-13-29-17-21/h3,6-15,17,20,34H,2,4-5,16H2,1H3,(H,30,36)(H,31,35). The van der Waals surface area contributed by atoms with E-state index in [-0.39, 0.29) is 23.6 Å². The highest BCUT2D eigenvalue weighted by molar-refractivity contribution is 6.04. The number of aromatic hydroxyl groups is 1. The van der Waals surface area contributed by atoms with Crippen LogP contribution in [0, 0.1) is 6.92 Å². The monoisotopic (exact) mass is 481 g/mol. The number of hydrogen-bond acceptors (Lipinski definition) is 5. The highest BCUT2D eigenvalue weighted by Gasteiger charge is 2.27. The number of nitrogens with zero attached hydrogens (tertiary/aromatic N) is 3. The van der Waals surface area contributed by atoms with E-state index in [0.717, 1.165) is 36.1 Å². The first kappa shape index (κ1) is 23.3. The molecule has 0 saturated heterocycles. The Bertz CT molecular complexity index is 1390. The van der Waals surface area contributed by atoms with E-state index in [9.17, 15) is 14.7 Å². The van der Waals surface area contributed by atoms with E-state index in [1.807, 2.05) is 37.3 Å². The summed E-state index contributed by atoms with van der Waals surface area (Å²) in [6.45, 7) is 2.41. The van der Waals surface area contributed by atoms with Crippen molar-refractivity contribution >= 4 is 17.6 Å². The Labute approximate surface area is 209 Å². The van der Waals surface area contributed by atoms with Crippen molar-refractivity contribution < 1.29 is 14.7 Å². The van der Waals surface area contributed by atoms with Gasteiger partial charge >= 0.3 is 6.03 Å². The number of pyridine rings is 1. The number of phenolic OH excluding ortho intramolecular Hbond substituents is 1. The molecule has 8 nitrogen and oxygen atoms in total. The van der Waals surface area contributed by atoms with Crippen LogP contribution in [0.4, 0.5) is 10.5 Å². The largest absolute Gasteiger partial charge is 0.507 e. The summed E-state index contributed by atoms with van der Waals surface area (Å²) < 4.78 is 1.41. The zero-order valence-electron chi connectivity index (χ0n) is 19.9. The van der Waals surface area contributed by atoms with Crippen molar-refractivity contribution in [3.8, 4) is 17.0 Å². The van der Waals surface area contributed by atoms with Gasteiger partial charge in [0, 0.05) is 36.1 Å². The molecule has 0 atom stereocenters. The molecule has 36 heavy (non-hydrogen) atoms. The first-order valence-corrected chi connectivity index (χ1v) is 12.0. The number of carbonyl (C=O) groups excluding carboxylic acids is 2. The predicted molar refractivity (Wildman–Crippen MR) is 137 cm³/mol. The summed E-state index contributed by atoms with van der Waals surface area (Å²) in [4.78, 5) is 29.6. The second kappa shape index (κ2) is 10.0. The van der Waals surface area contributed by atoms with Crippen LogP contribution in [0.15, 0.2) is 73.1 Å². The lowest BCUT2D eigenvalue weighted by atomic mass is 9.82. The lowest BCUT2D eigenvalue weighted by Crippen LogP contribution is -2.31. The fourth-order valence-corrected chi connectivity index (χ4v) is 4.16. The third-order valence-corrected chi connectivity index (χ3v) is 6.47. The van der Waals surface area contributed by atoms with Gasteiger partial charge in [-0.25, -0.2) is 4.79 Å². The molecule has 0 bridgehead atoms. The number of aryl methyl sites for hydroxylation is 1. The molecule has 4 aromatic rings. The number of phenols is 1. The van der Waals surface area contributed by atoms with E-state index in [1.165, 1.54) is 16.9 Å². The van der Waals surface area contributed by atoms with E-state index in [2.05, 4.69) is 20.7 Å². The third-order valence-electron chi connectivity index (χ3n) is 6.47. The first-order chi connectivity index (χ1) is 17.5. The fraction of sp³-hybridized carbons (Fsp3) is 0.214. The molecule has 1 saturated carbocycles. The van der Waals surface area contributed by atoms with Gasteiger partial charge < -0.3 is 15.7 Å². The second-order valence-corrected chi connectivity index (χ2v) is 9.07. The maximum atomic E-state index is 13.1. The second-order valence-electron chi connectivity index (χ2n) is 9.07. The predicted octanol–water partition coefficient (Wildman–Crippen LogP) is 5.24. The zero-order valence-corrected chi connectivity index (χ0v) is 19.9. The van der Waals surface area contributed by atoms with Gasteiger partial charge in [-0.3, -0.25) is 9.78 Å². The lowest BCUT2D eigenvalue weighted by Gasteiger charge is -2.25. The minimum absolute atomic E-state index is 0.0132. The van der Waals surface area contributed by atoms with Gasteiger partial charge in [0.15, 0.2) is 0 Å². The van der Waals surface area contributed by atoms with Crippen LogP contribution >= 0.6 is 0 Å². The minimum atomic E-state index is -0.316. The van der Waals surface area contributed by atoms with Crippen molar-refractivity contribution in [1.29, 1.82) is 0 Å². The molecule has 2 amide bonds. The molecule has 0 radical (unpaired) electrons. The van der Waals surface area contributed by atoms with Crippen molar-refractivity contribution in [3.05, 3.63) is 95.4 Å². The summed E-state index contributed by atoms with van der Waals surface area (Å²) in [5, 5.41) is 20.9. The molecule has 3 N–H and O–H groups in total. The smallest absolute Gasteiger partial charge is 0.342 e. The van der Waals surface area contributed by atoms with Gasteiger partial charge in [-0.15, -0.1) is 0 Å². The molecule has 2 aromatic heterocycles. The van der Waals surface area contributed by atoms with E-state index in [0.29, 0.717) is 29.1 Å². The van der Waals surface area contributed by atoms with Crippen LogP contribution in [-0.2, 0) is 6.54 Å². The number of rotatable bonds is 6. The topological polar surface area (TPSA) is 109 Å². The number of nitrogens with one attached hydrogen (secondary N) is 2. The third kappa shape index (κ3) is 4.98. The molecule has 1 aliphatic rings. The maximum Gasteiger partial charge on any atom is 0.342 e. The van der Waals surface area contributed by atoms with Gasteiger partial charge in [0.25, 0.3) is 5.91 Å². The van der Waals surface area contributed by atoms with E-state index < -0.39 is 0 Å². The Kier molecular flexibility index (Phi) is 6.49. The van der Waals surface area contributed by atoms with Crippen LogP contribution in [0.5, 0.6) is 5.75 Å². The Morgan fingerprint density at radius 1 is 1.08 bits per heavy atom. The molecule has 2 heterocycles. The Hall–Kier alpha value is -4.46. The molecule has 2 aromatic carbocycles. The molecule has 182 valence electrons. The summed E-state index contributed by atoms with van der Waals surface area (Å²) >= 11 is 0. The molecule has 8 heteroatoms. The SMILES string of the molecule is Cc1ccc(CNC(=O)n2nc(-c3cc(NC(=O)c4cccnc4)ccc3O)cc2C2CCC2)cc1. The van der Waals surface area contributed by atoms with Crippen LogP contribution in [0.2, 0.25) is 0 Å². The normalized spacial score (nSPS) is 13.1. The summed E-state index contributed by atoms with van der Waals surface area (Å²) in [5.41, 5.74) is 4.81. The molecular formula is C28H27N5O3. The first-order valence-electron chi connectivity index (χ1n) is 12.0. The highest BCUT2D eigenvalue weighted by Crippen LogP contribution is 2.39. The van der Waals surface area contributed by atoms with Crippen molar-refractivity contribution in [2.45, 2.75) is 38.6 Å². The number of hydrogen-bond donors (Lipinski definition) is 3. The van der Waals surface area contributed by atoms with Crippen molar-refractivity contribution in [3.63, 3.8) is 0 Å². The van der Waals surface area contributed by atoms with Crippen molar-refractivity contribution in [2.24, 2.45) is 0 Å². The molecule has 1 aliphatic carbocycles. The van der Waals surface area contributed by atoms with Crippen LogP contribution < -0.4 is 10.6 Å². The quantitative estimate of drug-likeness (QED) is 0.327. The van der Waals surface area contributed by atoms with Crippen molar-refractivity contribution in [1.82, 2.24) is 20.1 Å². The number of aromatic nitrogens is 3. The van der Waals surface area contributed by atoms with Gasteiger partial charge in [-0.1, -0.05) is 36.2 Å². The lowest BCUT2D eigenvalue weighted by molar-refractivity contribution is 0.102. The Morgan fingerprint density at radius 2 is 1.89 bits per heavy atom. The summed E-state index contributed by atoms with van der Waals surface area (Å²) in [5.74, 6) is -0.0536. The number of amides is 2. The van der Waals surface area contributed by atoms with Gasteiger partial charge in [-0.2, -0.15) is 9.78 Å². The van der Waals surface area contributed by atoms with Gasteiger partial charge in [-0.05, 0) is 61.7 Å². The number of benzene rings is 2. The van der Waals surface area contributed by atoms with Crippen LogP contribution in [0.25, 0.3) is 11.3 Å². The Morgan fingerprint density at radius 3 is 2.58 bits per heavy atom. The average Bonchev–Trinajstić information content (AvgIpc) is 3.28. The van der Waals surface area contributed by atoms with Crippen molar-refractivity contribution in [2.75, 3.05) is 5.32 Å². The molecule has 5 rings (SSSR count). The molecule has 0 spiro atoms. The minimum Gasteiger partial charge on any atom is -0.507 e. The van der Waals surface area contributed by atoms with Gasteiger partial charge in [0.2, 0.25) is 0 Å². The molecule has 0 aliphatic heterocycles. The maximum absolute atomic E-state index is 13.1. The summed E-state index contributed by atoms with van der Waals surface area (Å²) in [6.07, 6.45) is 6.17. The zero-order chi connectivity index (χ0) is 25.1. The molecule has 0 unspecified atom stereocenters. The van der Waals surface area contributed by atoms with Crippen LogP contribution in [0.3, 0.4) is 0 Å². The van der Waals surface area contributed by atoms with E-state index >= 15 is 0 Å². The summed E-state index contributed by atoms with van der Waals surface area (Å²) in [6, 6.07) is 17.7. The molecule has 1 fully saturated rings. The highest BCUT2D eigenvalue weighted by atomic mass is 16.3.